The molecule has 1 unspecified atom stereocenters. The standard InChI is InChI=1S/C21H25ClN6O3/c1-28-8-3-7-23-19-18-14(21(30)27-20(18)26-12-25-19)11-24-13-5-6-15(22)16(10-13)31-9-2-4-17(28)29/h5-6,11-12,16,24H,2-4,7-10H2,1H3,(H2,23,25,26,27,30)/b14-11+. The number of hydrogen-bond donors (Lipinski definition) is 3. The minimum atomic E-state index is -0.287. The first-order valence-electron chi connectivity index (χ1n) is 10.3. The van der Waals surface area contributed by atoms with Crippen molar-refractivity contribution >= 4 is 40.6 Å². The molecule has 9 nitrogen and oxygen atoms in total. The van der Waals surface area contributed by atoms with Gasteiger partial charge in [0.25, 0.3) is 5.91 Å². The second-order valence-electron chi connectivity index (χ2n) is 7.61. The van der Waals surface area contributed by atoms with Crippen LogP contribution in [0.2, 0.25) is 0 Å². The van der Waals surface area contributed by atoms with Crippen LogP contribution in [0.5, 0.6) is 0 Å². The monoisotopic (exact) mass is 444 g/mol. The van der Waals surface area contributed by atoms with Crippen molar-refractivity contribution in [3.05, 3.63) is 41.0 Å². The van der Waals surface area contributed by atoms with Crippen molar-refractivity contribution < 1.29 is 14.3 Å². The molecule has 2 amide bonds. The maximum Gasteiger partial charge on any atom is 0.259 e. The van der Waals surface area contributed by atoms with Crippen LogP contribution in [0.25, 0.3) is 5.57 Å². The lowest BCUT2D eigenvalue weighted by Crippen LogP contribution is -2.29. The molecule has 0 aromatic carbocycles. The van der Waals surface area contributed by atoms with Gasteiger partial charge in [0, 0.05) is 56.5 Å². The van der Waals surface area contributed by atoms with Crippen LogP contribution in [0.15, 0.2) is 35.4 Å². The number of fused-ring (bicyclic) bond motifs is 2. The molecular formula is C21H25ClN6O3. The largest absolute Gasteiger partial charge is 0.372 e. The van der Waals surface area contributed by atoms with Crippen LogP contribution in [0.3, 0.4) is 0 Å². The summed E-state index contributed by atoms with van der Waals surface area (Å²) < 4.78 is 5.91. The van der Waals surface area contributed by atoms with Crippen LogP contribution >= 0.6 is 11.6 Å². The van der Waals surface area contributed by atoms with Gasteiger partial charge >= 0.3 is 0 Å². The Morgan fingerprint density at radius 1 is 1.19 bits per heavy atom. The smallest absolute Gasteiger partial charge is 0.259 e. The summed E-state index contributed by atoms with van der Waals surface area (Å²) in [6.07, 6.45) is 8.79. The molecule has 0 saturated heterocycles. The number of rotatable bonds is 0. The molecular weight excluding hydrogens is 420 g/mol. The topological polar surface area (TPSA) is 108 Å². The summed E-state index contributed by atoms with van der Waals surface area (Å²) in [7, 11) is 1.80. The maximum absolute atomic E-state index is 12.5. The predicted molar refractivity (Wildman–Crippen MR) is 118 cm³/mol. The first-order valence-corrected chi connectivity index (χ1v) is 10.7. The van der Waals surface area contributed by atoms with Crippen LogP contribution in [-0.2, 0) is 14.3 Å². The number of nitrogens with zero attached hydrogens (tertiary/aromatic N) is 3. The normalized spacial score (nSPS) is 24.3. The fraction of sp³-hybridized carbons (Fsp3) is 0.429. The number of anilines is 2. The molecule has 4 rings (SSSR count). The van der Waals surface area contributed by atoms with E-state index in [9.17, 15) is 9.59 Å². The quantitative estimate of drug-likeness (QED) is 0.563. The molecule has 10 heteroatoms. The summed E-state index contributed by atoms with van der Waals surface area (Å²) in [6.45, 7) is 1.67. The van der Waals surface area contributed by atoms with Crippen molar-refractivity contribution in [3.63, 3.8) is 0 Å². The van der Waals surface area contributed by atoms with E-state index in [1.807, 2.05) is 6.08 Å². The minimum absolute atomic E-state index is 0.0835. The lowest BCUT2D eigenvalue weighted by Gasteiger charge is -2.23. The van der Waals surface area contributed by atoms with E-state index < -0.39 is 0 Å². The van der Waals surface area contributed by atoms with Gasteiger partial charge in [0.05, 0.1) is 17.2 Å². The predicted octanol–water partition coefficient (Wildman–Crippen LogP) is 2.21. The second-order valence-corrected chi connectivity index (χ2v) is 8.04. The SMILES string of the molecule is CN1CCCNc2ncnc3c2/C(=C\NC2=CC=C(Cl)C(C2)OCCCC1=O)C(=O)N3. The van der Waals surface area contributed by atoms with Crippen molar-refractivity contribution in [2.75, 3.05) is 37.4 Å². The fourth-order valence-electron chi connectivity index (χ4n) is 3.65. The molecule has 164 valence electrons. The molecule has 3 aliphatic rings. The zero-order chi connectivity index (χ0) is 21.8. The van der Waals surface area contributed by atoms with E-state index in [2.05, 4.69) is 25.9 Å². The molecule has 1 atom stereocenters. The zero-order valence-electron chi connectivity index (χ0n) is 17.3. The molecule has 0 saturated carbocycles. The van der Waals surface area contributed by atoms with E-state index in [0.29, 0.717) is 66.8 Å². The minimum Gasteiger partial charge on any atom is -0.372 e. The number of carbonyl (C=O) groups is 2. The van der Waals surface area contributed by atoms with Crippen molar-refractivity contribution in [2.45, 2.75) is 31.8 Å². The first kappa shape index (κ1) is 21.3. The van der Waals surface area contributed by atoms with Gasteiger partial charge in [-0.15, -0.1) is 0 Å². The van der Waals surface area contributed by atoms with E-state index in [-0.39, 0.29) is 17.9 Å². The molecule has 1 aromatic rings. The van der Waals surface area contributed by atoms with Crippen molar-refractivity contribution in [1.29, 1.82) is 0 Å². The molecule has 31 heavy (non-hydrogen) atoms. The molecule has 1 aromatic heterocycles. The Kier molecular flexibility index (Phi) is 6.53. The summed E-state index contributed by atoms with van der Waals surface area (Å²) in [5.41, 5.74) is 1.94. The third-order valence-corrected chi connectivity index (χ3v) is 5.76. The highest BCUT2D eigenvalue weighted by atomic mass is 35.5. The van der Waals surface area contributed by atoms with Crippen LogP contribution in [0, 0.1) is 0 Å². The average Bonchev–Trinajstić information content (AvgIpc) is 3.09. The molecule has 2 bridgehead atoms. The van der Waals surface area contributed by atoms with Crippen LogP contribution < -0.4 is 16.0 Å². The van der Waals surface area contributed by atoms with Crippen LogP contribution in [-0.4, -0.2) is 59.5 Å². The second kappa shape index (κ2) is 9.49. The first-order chi connectivity index (χ1) is 15.0. The van der Waals surface area contributed by atoms with Crippen molar-refractivity contribution in [1.82, 2.24) is 20.2 Å². The van der Waals surface area contributed by atoms with Gasteiger partial charge in [-0.1, -0.05) is 11.6 Å². The lowest BCUT2D eigenvalue weighted by molar-refractivity contribution is -0.130. The van der Waals surface area contributed by atoms with Crippen LogP contribution in [0.4, 0.5) is 11.6 Å². The van der Waals surface area contributed by atoms with Crippen molar-refractivity contribution in [3.8, 4) is 0 Å². The van der Waals surface area contributed by atoms with E-state index >= 15 is 0 Å². The molecule has 0 fully saturated rings. The van der Waals surface area contributed by atoms with Gasteiger partial charge in [-0.25, -0.2) is 9.97 Å². The van der Waals surface area contributed by atoms with E-state index in [1.165, 1.54) is 6.33 Å². The number of allylic oxidation sites excluding steroid dienone is 2. The molecule has 0 radical (unpaired) electrons. The Balaban J connectivity index is 1.60. The summed E-state index contributed by atoms with van der Waals surface area (Å²) >= 11 is 6.31. The fourth-order valence-corrected chi connectivity index (χ4v) is 3.85. The number of halogens is 1. The van der Waals surface area contributed by atoms with E-state index in [1.54, 1.807) is 24.2 Å². The Morgan fingerprint density at radius 3 is 2.90 bits per heavy atom. The van der Waals surface area contributed by atoms with E-state index in [4.69, 9.17) is 16.3 Å². The summed E-state index contributed by atoms with van der Waals surface area (Å²) in [5, 5.41) is 9.86. The van der Waals surface area contributed by atoms with Gasteiger partial charge < -0.3 is 25.6 Å². The highest BCUT2D eigenvalue weighted by Crippen LogP contribution is 2.34. The number of amides is 2. The Hall–Kier alpha value is -2.91. The highest BCUT2D eigenvalue weighted by Gasteiger charge is 2.29. The number of nitrogens with one attached hydrogen (secondary N) is 3. The van der Waals surface area contributed by atoms with Gasteiger partial charge in [-0.2, -0.15) is 0 Å². The third kappa shape index (κ3) is 4.88. The number of hydrogen-bond acceptors (Lipinski definition) is 7. The zero-order valence-corrected chi connectivity index (χ0v) is 18.0. The van der Waals surface area contributed by atoms with Gasteiger partial charge in [0.15, 0.2) is 0 Å². The van der Waals surface area contributed by atoms with Gasteiger partial charge in [0.2, 0.25) is 5.91 Å². The molecule has 1 aliphatic carbocycles. The molecule has 3 N–H and O–H groups in total. The average molecular weight is 445 g/mol. The molecule has 2 aliphatic heterocycles. The van der Waals surface area contributed by atoms with Gasteiger partial charge in [-0.3, -0.25) is 9.59 Å². The third-order valence-electron chi connectivity index (χ3n) is 5.39. The number of carbonyl (C=O) groups excluding carboxylic acids is 2. The highest BCUT2D eigenvalue weighted by molar-refractivity contribution is 6.32. The number of ether oxygens (including phenoxy) is 1. The Labute approximate surface area is 185 Å². The lowest BCUT2D eigenvalue weighted by atomic mass is 10.1. The van der Waals surface area contributed by atoms with Gasteiger partial charge in [-0.05, 0) is 25.0 Å². The summed E-state index contributed by atoms with van der Waals surface area (Å²) in [6, 6.07) is 0. The Bertz CT molecular complexity index is 974. The summed E-state index contributed by atoms with van der Waals surface area (Å²) in [4.78, 5) is 35.1. The molecule has 0 spiro atoms. The van der Waals surface area contributed by atoms with Gasteiger partial charge in [0.1, 0.15) is 18.0 Å². The molecule has 3 heterocycles. The van der Waals surface area contributed by atoms with E-state index in [0.717, 1.165) is 12.1 Å². The Morgan fingerprint density at radius 2 is 2.03 bits per heavy atom. The van der Waals surface area contributed by atoms with Crippen LogP contribution in [0.1, 0.15) is 31.2 Å². The maximum atomic E-state index is 12.5. The summed E-state index contributed by atoms with van der Waals surface area (Å²) in [5.74, 6) is 0.885. The van der Waals surface area contributed by atoms with Crippen molar-refractivity contribution in [2.24, 2.45) is 0 Å². The number of aromatic nitrogens is 2.